The first-order valence-electron chi connectivity index (χ1n) is 5.17. The van der Waals surface area contributed by atoms with E-state index in [0.29, 0.717) is 5.41 Å². The van der Waals surface area contributed by atoms with E-state index in [2.05, 4.69) is 11.8 Å². The Kier molecular flexibility index (Phi) is 2.13. The summed E-state index contributed by atoms with van der Waals surface area (Å²) >= 11 is 0. The van der Waals surface area contributed by atoms with Crippen LogP contribution < -0.4 is 0 Å². The Hall–Kier alpha value is -0.0800. The van der Waals surface area contributed by atoms with Gasteiger partial charge in [0.2, 0.25) is 0 Å². The second-order valence-corrected chi connectivity index (χ2v) is 4.47. The van der Waals surface area contributed by atoms with E-state index >= 15 is 0 Å². The fraction of sp³-hybridized carbons (Fsp3) is 1.00. The van der Waals surface area contributed by atoms with E-state index in [1.165, 1.54) is 32.2 Å². The quantitative estimate of drug-likeness (QED) is 0.687. The molecule has 0 aromatic rings. The third kappa shape index (κ3) is 1.38. The van der Waals surface area contributed by atoms with Gasteiger partial charge in [0.25, 0.3) is 0 Å². The van der Waals surface area contributed by atoms with E-state index in [-0.39, 0.29) is 6.10 Å². The molecule has 0 radical (unpaired) electrons. The number of unbranched alkanes of at least 4 members (excludes halogenated alkanes) is 1. The number of aliphatic hydroxyl groups is 1. The Morgan fingerprint density at radius 2 is 2.25 bits per heavy atom. The molecule has 1 heterocycles. The summed E-state index contributed by atoms with van der Waals surface area (Å²) in [5.41, 5.74) is 0.355. The van der Waals surface area contributed by atoms with Crippen molar-refractivity contribution in [3.63, 3.8) is 0 Å². The molecule has 1 N–H and O–H groups in total. The molecular formula is C10H19NO. The molecule has 1 saturated carbocycles. The molecule has 0 bridgehead atoms. The van der Waals surface area contributed by atoms with Crippen LogP contribution in [0.3, 0.4) is 0 Å². The summed E-state index contributed by atoms with van der Waals surface area (Å²) in [6.45, 7) is 5.50. The number of hydrogen-bond donors (Lipinski definition) is 1. The minimum atomic E-state index is -0.0191. The van der Waals surface area contributed by atoms with Crippen molar-refractivity contribution in [2.45, 2.75) is 38.7 Å². The molecule has 1 unspecified atom stereocenters. The van der Waals surface area contributed by atoms with Crippen LogP contribution in [0.15, 0.2) is 0 Å². The Labute approximate surface area is 74.6 Å². The minimum absolute atomic E-state index is 0.0191. The molecule has 70 valence electrons. The smallest absolute Gasteiger partial charge is 0.0735 e. The average Bonchev–Trinajstić information content (AvgIpc) is 2.74. The SMILES string of the molecule is CCCCN1CC(O)C2(CC2)C1. The molecule has 1 aliphatic heterocycles. The number of β-amino-alcohol motifs (C(OH)–C–C–N with tert-alkyl or cyclic N) is 1. The lowest BCUT2D eigenvalue weighted by Crippen LogP contribution is -2.22. The van der Waals surface area contributed by atoms with Crippen molar-refractivity contribution in [3.8, 4) is 0 Å². The van der Waals surface area contributed by atoms with Gasteiger partial charge in [-0.15, -0.1) is 0 Å². The van der Waals surface area contributed by atoms with Crippen LogP contribution in [0.1, 0.15) is 32.6 Å². The van der Waals surface area contributed by atoms with Gasteiger partial charge < -0.3 is 10.0 Å². The second-order valence-electron chi connectivity index (χ2n) is 4.47. The number of likely N-dealkylation sites (tertiary alicyclic amines) is 1. The van der Waals surface area contributed by atoms with Gasteiger partial charge in [-0.3, -0.25) is 0 Å². The molecule has 0 aromatic carbocycles. The molecule has 1 spiro atoms. The van der Waals surface area contributed by atoms with E-state index in [1.807, 2.05) is 0 Å². The predicted molar refractivity (Wildman–Crippen MR) is 49.0 cm³/mol. The largest absolute Gasteiger partial charge is 0.391 e. The van der Waals surface area contributed by atoms with Gasteiger partial charge in [0, 0.05) is 18.5 Å². The highest BCUT2D eigenvalue weighted by atomic mass is 16.3. The molecule has 2 heteroatoms. The first-order chi connectivity index (χ1) is 5.77. The van der Waals surface area contributed by atoms with E-state index in [4.69, 9.17) is 0 Å². The van der Waals surface area contributed by atoms with Crippen LogP contribution in [0.5, 0.6) is 0 Å². The lowest BCUT2D eigenvalue weighted by atomic mass is 10.0. The van der Waals surface area contributed by atoms with E-state index in [9.17, 15) is 5.11 Å². The van der Waals surface area contributed by atoms with Crippen LogP contribution in [0.25, 0.3) is 0 Å². The van der Waals surface area contributed by atoms with Crippen molar-refractivity contribution in [2.75, 3.05) is 19.6 Å². The van der Waals surface area contributed by atoms with Crippen LogP contribution >= 0.6 is 0 Å². The maximum absolute atomic E-state index is 9.75. The molecule has 2 rings (SSSR count). The third-order valence-electron chi connectivity index (χ3n) is 3.40. The number of nitrogens with zero attached hydrogens (tertiary/aromatic N) is 1. The molecule has 12 heavy (non-hydrogen) atoms. The fourth-order valence-electron chi connectivity index (χ4n) is 2.26. The van der Waals surface area contributed by atoms with Crippen LogP contribution in [-0.2, 0) is 0 Å². The molecule has 2 fully saturated rings. The van der Waals surface area contributed by atoms with Crippen molar-refractivity contribution >= 4 is 0 Å². The van der Waals surface area contributed by atoms with Crippen molar-refractivity contribution < 1.29 is 5.11 Å². The first-order valence-corrected chi connectivity index (χ1v) is 5.17. The summed E-state index contributed by atoms with van der Waals surface area (Å²) in [5, 5.41) is 9.75. The monoisotopic (exact) mass is 169 g/mol. The van der Waals surface area contributed by atoms with Gasteiger partial charge in [0.1, 0.15) is 0 Å². The summed E-state index contributed by atoms with van der Waals surface area (Å²) in [6.07, 6.45) is 5.05. The third-order valence-corrected chi connectivity index (χ3v) is 3.40. The maximum Gasteiger partial charge on any atom is 0.0735 e. The topological polar surface area (TPSA) is 23.5 Å². The van der Waals surface area contributed by atoms with Gasteiger partial charge in [-0.05, 0) is 25.8 Å². The molecular weight excluding hydrogens is 150 g/mol. The Bertz CT molecular complexity index is 165. The Morgan fingerprint density at radius 1 is 1.50 bits per heavy atom. The average molecular weight is 169 g/mol. The van der Waals surface area contributed by atoms with Gasteiger partial charge in [0.05, 0.1) is 6.10 Å². The lowest BCUT2D eigenvalue weighted by Gasteiger charge is -2.13. The van der Waals surface area contributed by atoms with E-state index in [0.717, 1.165) is 13.1 Å². The maximum atomic E-state index is 9.75. The lowest BCUT2D eigenvalue weighted by molar-refractivity contribution is 0.131. The van der Waals surface area contributed by atoms with Crippen LogP contribution in [0, 0.1) is 5.41 Å². The van der Waals surface area contributed by atoms with Gasteiger partial charge >= 0.3 is 0 Å². The standard InChI is InChI=1S/C10H19NO/c1-2-3-6-11-7-9(12)10(8-11)4-5-10/h9,12H,2-8H2,1H3. The van der Waals surface area contributed by atoms with Gasteiger partial charge in [-0.25, -0.2) is 0 Å². The summed E-state index contributed by atoms with van der Waals surface area (Å²) in [4.78, 5) is 2.43. The van der Waals surface area contributed by atoms with Crippen molar-refractivity contribution in [1.82, 2.24) is 4.90 Å². The molecule has 0 amide bonds. The highest BCUT2D eigenvalue weighted by molar-refractivity contribution is 5.06. The zero-order chi connectivity index (χ0) is 8.60. The molecule has 2 aliphatic rings. The molecule has 0 aromatic heterocycles. The van der Waals surface area contributed by atoms with Crippen molar-refractivity contribution in [2.24, 2.45) is 5.41 Å². The molecule has 2 nitrogen and oxygen atoms in total. The van der Waals surface area contributed by atoms with Gasteiger partial charge in [-0.2, -0.15) is 0 Å². The molecule has 1 saturated heterocycles. The molecule has 1 atom stereocenters. The first kappa shape index (κ1) is 8.52. The normalized spacial score (nSPS) is 33.0. The van der Waals surface area contributed by atoms with E-state index in [1.54, 1.807) is 0 Å². The highest BCUT2D eigenvalue weighted by Crippen LogP contribution is 2.52. The number of rotatable bonds is 3. The Morgan fingerprint density at radius 3 is 2.75 bits per heavy atom. The van der Waals surface area contributed by atoms with Crippen LogP contribution in [-0.4, -0.2) is 35.7 Å². The fourth-order valence-corrected chi connectivity index (χ4v) is 2.26. The minimum Gasteiger partial charge on any atom is -0.391 e. The summed E-state index contributed by atoms with van der Waals surface area (Å²) in [7, 11) is 0. The summed E-state index contributed by atoms with van der Waals surface area (Å²) < 4.78 is 0. The van der Waals surface area contributed by atoms with Gasteiger partial charge in [0.15, 0.2) is 0 Å². The van der Waals surface area contributed by atoms with Crippen LogP contribution in [0.4, 0.5) is 0 Å². The van der Waals surface area contributed by atoms with E-state index < -0.39 is 0 Å². The summed E-state index contributed by atoms with van der Waals surface area (Å²) in [6, 6.07) is 0. The number of aliphatic hydroxyl groups excluding tert-OH is 1. The van der Waals surface area contributed by atoms with Gasteiger partial charge in [-0.1, -0.05) is 13.3 Å². The number of hydrogen-bond acceptors (Lipinski definition) is 2. The van der Waals surface area contributed by atoms with Crippen molar-refractivity contribution in [1.29, 1.82) is 0 Å². The molecule has 1 aliphatic carbocycles. The zero-order valence-electron chi connectivity index (χ0n) is 7.92. The van der Waals surface area contributed by atoms with Crippen LogP contribution in [0.2, 0.25) is 0 Å². The van der Waals surface area contributed by atoms with Crippen molar-refractivity contribution in [3.05, 3.63) is 0 Å². The Balaban J connectivity index is 1.81. The second kappa shape index (κ2) is 3.00. The zero-order valence-corrected chi connectivity index (χ0v) is 7.92. The highest BCUT2D eigenvalue weighted by Gasteiger charge is 2.54. The predicted octanol–water partition coefficient (Wildman–Crippen LogP) is 1.24. The summed E-state index contributed by atoms with van der Waals surface area (Å²) in [5.74, 6) is 0.